The molecule has 3 rings (SSSR count). The molecule has 0 amide bonds. The number of nitrogen functional groups attached to an aromatic ring is 2. The van der Waals surface area contributed by atoms with Crippen molar-refractivity contribution in [3.05, 3.63) is 77.5 Å². The number of carbonyl (C=O) groups excluding carboxylic acids is 4. The zero-order valence-corrected chi connectivity index (χ0v) is 21.4. The molecule has 0 fully saturated rings. The van der Waals surface area contributed by atoms with E-state index in [4.69, 9.17) is 11.5 Å². The van der Waals surface area contributed by atoms with Crippen LogP contribution in [0.1, 0.15) is 42.0 Å². The predicted octanol–water partition coefficient (Wildman–Crippen LogP) is -7.57. The Morgan fingerprint density at radius 3 is 1.11 bits per heavy atom. The number of rotatable bonds is 4. The summed E-state index contributed by atoms with van der Waals surface area (Å²) >= 11 is 0. The first-order valence-electron chi connectivity index (χ1n) is 8.34. The Kier molecular flexibility index (Phi) is 20.6. The number of carboxylic acids is 4. The van der Waals surface area contributed by atoms with Crippen molar-refractivity contribution in [2.45, 2.75) is 0 Å². The number of aromatic amines is 1. The van der Waals surface area contributed by atoms with Crippen LogP contribution in [0.2, 0.25) is 0 Å². The molecule has 0 unspecified atom stereocenters. The molecule has 3 heterocycles. The Bertz CT molecular complexity index is 1000. The van der Waals surface area contributed by atoms with Crippen molar-refractivity contribution < 1.29 is 61.0 Å². The fourth-order valence-electron chi connectivity index (χ4n) is 1.79. The standard InChI is InChI=1S/2C7H5NO4.C5H7N3.Bi.3H2O/c2*9-6(10)4-2-1-3-5(8-4)7(11)12;6-4-2-1-3-8-5(4)7;;;;/h2*1-3H,(H,9,10)(H,11,12);1-3H,6H2,(H2,7,8);;3*1H2/q;;;+3;;;/p-3. The zero-order valence-electron chi connectivity index (χ0n) is 18.0. The monoisotopic (exact) mass is 703 g/mol. The van der Waals surface area contributed by atoms with Crippen molar-refractivity contribution in [1.29, 1.82) is 0 Å². The van der Waals surface area contributed by atoms with E-state index in [1.807, 2.05) is 0 Å². The van der Waals surface area contributed by atoms with Crippen molar-refractivity contribution in [3.8, 4) is 0 Å². The molecule has 0 saturated heterocycles. The van der Waals surface area contributed by atoms with E-state index in [2.05, 4.69) is 15.0 Å². The van der Waals surface area contributed by atoms with Crippen LogP contribution >= 0.6 is 0 Å². The van der Waals surface area contributed by atoms with Gasteiger partial charge in [0, 0.05) is 0 Å². The van der Waals surface area contributed by atoms with Gasteiger partial charge in [0.25, 0.3) is 5.82 Å². The van der Waals surface area contributed by atoms with Crippen LogP contribution in [-0.2, 0) is 0 Å². The molecule has 0 atom stereocenters. The normalized spacial score (nSPS) is 8.22. The van der Waals surface area contributed by atoms with Gasteiger partial charge >= 0.3 is 26.2 Å². The van der Waals surface area contributed by atoms with Crippen LogP contribution in [0.4, 0.5) is 11.5 Å². The van der Waals surface area contributed by atoms with Gasteiger partial charge in [-0.15, -0.1) is 0 Å². The summed E-state index contributed by atoms with van der Waals surface area (Å²) in [6, 6.07) is 10.6. The summed E-state index contributed by atoms with van der Waals surface area (Å²) in [5.74, 6) is -5.54. The summed E-state index contributed by atoms with van der Waals surface area (Å²) < 4.78 is 0. The smallest absolute Gasteiger partial charge is 0.543 e. The second-order valence-corrected chi connectivity index (χ2v) is 5.51. The first-order chi connectivity index (χ1) is 15.0. The van der Waals surface area contributed by atoms with Crippen LogP contribution in [0.15, 0.2) is 54.7 Å². The van der Waals surface area contributed by atoms with Crippen LogP contribution in [0, 0.1) is 0 Å². The Balaban J connectivity index is -0.000000206. The summed E-state index contributed by atoms with van der Waals surface area (Å²) in [5.41, 5.74) is 9.61. The number of nitrogens with two attached hydrogens (primary N) is 2. The van der Waals surface area contributed by atoms with E-state index in [9.17, 15) is 39.6 Å². The molecule has 0 aliphatic heterocycles. The maximum atomic E-state index is 10.2. The Morgan fingerprint density at radius 1 is 0.611 bits per heavy atom. The van der Waals surface area contributed by atoms with Crippen LogP contribution in [0.3, 0.4) is 0 Å². The Morgan fingerprint density at radius 2 is 0.917 bits per heavy atom. The summed E-state index contributed by atoms with van der Waals surface area (Å²) in [4.78, 5) is 50.0. The SMILES string of the molecule is Nc1ccc[nH+]c1N.O.O.O.O=C([O-])c1cccc(C(=O)[O-])n1.O=C([O-])c1cccc(C(=O)[O-])n1.[Bi+3]. The fourth-order valence-corrected chi connectivity index (χ4v) is 1.79. The number of carboxylic acid groups (broad SMARTS) is 4. The first kappa shape index (κ1) is 38.9. The number of aromatic nitrogens is 3. The van der Waals surface area contributed by atoms with Gasteiger partial charge in [-0.3, -0.25) is 5.73 Å². The number of H-pyrrole nitrogens is 1. The average molecular weight is 703 g/mol. The first-order valence-corrected chi connectivity index (χ1v) is 8.34. The van der Waals surface area contributed by atoms with E-state index in [0.717, 1.165) is 24.3 Å². The minimum Gasteiger partial charge on any atom is -0.543 e. The molecule has 0 aliphatic rings. The number of anilines is 2. The molecule has 0 aliphatic carbocycles. The van der Waals surface area contributed by atoms with Crippen LogP contribution in [0.5, 0.6) is 0 Å². The third-order valence-corrected chi connectivity index (χ3v) is 3.26. The third kappa shape index (κ3) is 13.4. The summed E-state index contributed by atoms with van der Waals surface area (Å²) in [6.45, 7) is 0. The Labute approximate surface area is 221 Å². The number of nitrogens with one attached hydrogen (secondary N) is 1. The van der Waals surface area contributed by atoms with Gasteiger partial charge in [-0.2, -0.15) is 0 Å². The van der Waals surface area contributed by atoms with Gasteiger partial charge in [-0.05, 0) is 36.4 Å². The van der Waals surface area contributed by atoms with Gasteiger partial charge in [0.05, 0.1) is 52.8 Å². The van der Waals surface area contributed by atoms with Crippen molar-refractivity contribution in [1.82, 2.24) is 9.97 Å². The molecule has 3 aromatic rings. The molecule has 0 spiro atoms. The van der Waals surface area contributed by atoms with Crippen LogP contribution in [-0.4, -0.2) is 76.5 Å². The van der Waals surface area contributed by atoms with Crippen molar-refractivity contribution in [3.63, 3.8) is 0 Å². The van der Waals surface area contributed by atoms with Crippen molar-refractivity contribution >= 4 is 61.6 Å². The van der Waals surface area contributed by atoms with Gasteiger partial charge < -0.3 is 61.8 Å². The second kappa shape index (κ2) is 19.0. The molecule has 17 heteroatoms. The van der Waals surface area contributed by atoms with Crippen LogP contribution in [0.25, 0.3) is 0 Å². The molecule has 192 valence electrons. The van der Waals surface area contributed by atoms with E-state index in [1.54, 1.807) is 18.3 Å². The maximum absolute atomic E-state index is 10.2. The minimum atomic E-state index is -1.52. The van der Waals surface area contributed by atoms with Gasteiger partial charge in [-0.1, -0.05) is 12.1 Å². The zero-order chi connectivity index (χ0) is 24.3. The molecule has 3 aromatic heterocycles. The van der Waals surface area contributed by atoms with Crippen molar-refractivity contribution in [2.75, 3.05) is 11.5 Å². The van der Waals surface area contributed by atoms with E-state index in [1.165, 1.54) is 12.1 Å². The van der Waals surface area contributed by atoms with Gasteiger partial charge in [0.1, 0.15) is 5.69 Å². The fraction of sp³-hybridized carbons (Fsp3) is 0. The molecule has 2 radical (unpaired) electrons. The number of carbonyl (C=O) groups is 4. The maximum Gasteiger partial charge on any atom is 3.00 e. The number of hydrogen-bond acceptors (Lipinski definition) is 12. The van der Waals surface area contributed by atoms with E-state index < -0.39 is 46.7 Å². The molecule has 36 heavy (non-hydrogen) atoms. The molecule has 0 bridgehead atoms. The van der Waals surface area contributed by atoms with Gasteiger partial charge in [0.15, 0.2) is 0 Å². The van der Waals surface area contributed by atoms with E-state index in [-0.39, 0.29) is 42.6 Å². The second-order valence-electron chi connectivity index (χ2n) is 5.51. The third-order valence-electron chi connectivity index (χ3n) is 3.26. The summed E-state index contributed by atoms with van der Waals surface area (Å²) in [6.07, 6.45) is 1.73. The summed E-state index contributed by atoms with van der Waals surface area (Å²) in [5, 5.41) is 40.8. The molecular formula is C19H20BiN5O11. The molecule has 0 aromatic carbocycles. The van der Waals surface area contributed by atoms with Gasteiger partial charge in [-0.25, -0.2) is 15.0 Å². The largest absolute Gasteiger partial charge is 3.00 e. The predicted molar refractivity (Wildman–Crippen MR) is 114 cm³/mol. The van der Waals surface area contributed by atoms with Gasteiger partial charge in [0.2, 0.25) is 0 Å². The number of hydrogen-bond donors (Lipinski definition) is 2. The van der Waals surface area contributed by atoms with Crippen LogP contribution < -0.4 is 36.9 Å². The molecular weight excluding hydrogens is 683 g/mol. The number of aromatic carboxylic acids is 4. The Hall–Kier alpha value is -4.31. The average Bonchev–Trinajstić information content (AvgIpc) is 2.77. The summed E-state index contributed by atoms with van der Waals surface area (Å²) in [7, 11) is 0. The molecule has 16 nitrogen and oxygen atoms in total. The minimum absolute atomic E-state index is 0. The van der Waals surface area contributed by atoms with E-state index in [0.29, 0.717) is 11.5 Å². The van der Waals surface area contributed by atoms with Crippen molar-refractivity contribution in [2.24, 2.45) is 0 Å². The molecule has 11 N–H and O–H groups in total. The topological polar surface area (TPSA) is 347 Å². The number of pyridine rings is 3. The van der Waals surface area contributed by atoms with E-state index >= 15 is 0 Å². The quantitative estimate of drug-likeness (QED) is 0.239. The number of nitrogens with zero attached hydrogens (tertiary/aromatic N) is 2. The molecule has 0 saturated carbocycles.